The SMILES string of the molecule is CCSCCCO[C@@H]1O[C@H](COC(C)=O)[C@H](OC(C)=O)[C@H](OC(C)=O)[C@H]1OC(C)=O. The normalized spacial score (nSPS) is 25.8. The molecule has 1 saturated heterocycles. The van der Waals surface area contributed by atoms with E-state index >= 15 is 0 Å². The predicted octanol–water partition coefficient (Wildman–Crippen LogP) is 1.23. The number of hydrogen-bond acceptors (Lipinski definition) is 11. The monoisotopic (exact) mass is 450 g/mol. The van der Waals surface area contributed by atoms with Crippen LogP contribution in [0.4, 0.5) is 0 Å². The smallest absolute Gasteiger partial charge is 0.303 e. The maximum absolute atomic E-state index is 11.7. The van der Waals surface area contributed by atoms with Crippen molar-refractivity contribution in [3.8, 4) is 0 Å². The van der Waals surface area contributed by atoms with Gasteiger partial charge in [-0.25, -0.2) is 0 Å². The molecule has 0 aromatic heterocycles. The highest BCUT2D eigenvalue weighted by Crippen LogP contribution is 2.30. The first-order chi connectivity index (χ1) is 14.1. The lowest BCUT2D eigenvalue weighted by molar-refractivity contribution is -0.308. The Balaban J connectivity index is 3.13. The van der Waals surface area contributed by atoms with Gasteiger partial charge in [0, 0.05) is 27.7 Å². The van der Waals surface area contributed by atoms with Crippen molar-refractivity contribution in [2.45, 2.75) is 71.7 Å². The minimum atomic E-state index is -1.21. The van der Waals surface area contributed by atoms with Gasteiger partial charge in [-0.2, -0.15) is 11.8 Å². The number of carbonyl (C=O) groups is 4. The quantitative estimate of drug-likeness (QED) is 0.256. The van der Waals surface area contributed by atoms with Crippen LogP contribution in [0.1, 0.15) is 41.0 Å². The molecule has 1 heterocycles. The molecule has 0 bridgehead atoms. The van der Waals surface area contributed by atoms with Crippen molar-refractivity contribution >= 4 is 35.6 Å². The number of rotatable bonds is 11. The second-order valence-electron chi connectivity index (χ2n) is 6.49. The average Bonchev–Trinajstić information content (AvgIpc) is 2.63. The minimum absolute atomic E-state index is 0.274. The lowest BCUT2D eigenvalue weighted by Crippen LogP contribution is -2.63. The van der Waals surface area contributed by atoms with Crippen LogP contribution in [0.15, 0.2) is 0 Å². The Bertz CT molecular complexity index is 596. The number of esters is 4. The van der Waals surface area contributed by atoms with Crippen LogP contribution in [-0.2, 0) is 47.6 Å². The molecular formula is C19H30O10S. The van der Waals surface area contributed by atoms with Gasteiger partial charge < -0.3 is 28.4 Å². The largest absolute Gasteiger partial charge is 0.463 e. The van der Waals surface area contributed by atoms with Gasteiger partial charge >= 0.3 is 23.9 Å². The van der Waals surface area contributed by atoms with Gasteiger partial charge in [-0.05, 0) is 17.9 Å². The second-order valence-corrected chi connectivity index (χ2v) is 7.88. The number of thioether (sulfide) groups is 1. The van der Waals surface area contributed by atoms with Crippen LogP contribution >= 0.6 is 11.8 Å². The molecular weight excluding hydrogens is 420 g/mol. The molecule has 0 amide bonds. The van der Waals surface area contributed by atoms with Crippen molar-refractivity contribution in [2.24, 2.45) is 0 Å². The Hall–Kier alpha value is -1.85. The third-order valence-corrected chi connectivity index (χ3v) is 4.85. The lowest BCUT2D eigenvalue weighted by Gasteiger charge is -2.44. The molecule has 0 N–H and O–H groups in total. The highest BCUT2D eigenvalue weighted by Gasteiger charge is 2.52. The van der Waals surface area contributed by atoms with Crippen LogP contribution in [0.5, 0.6) is 0 Å². The standard InChI is InChI=1S/C19H30O10S/c1-6-30-9-7-8-24-19-18(28-14(5)23)17(27-13(4)22)16(26-12(3)21)15(29-19)10-25-11(2)20/h15-19H,6-10H2,1-5H3/t15-,16+,17+,18-,19-/m1/s1. The van der Waals surface area contributed by atoms with Gasteiger partial charge in [0.05, 0.1) is 6.61 Å². The van der Waals surface area contributed by atoms with Gasteiger partial charge in [-0.15, -0.1) is 0 Å². The fourth-order valence-electron chi connectivity index (χ4n) is 2.83. The van der Waals surface area contributed by atoms with E-state index in [9.17, 15) is 19.2 Å². The van der Waals surface area contributed by atoms with Crippen molar-refractivity contribution in [1.29, 1.82) is 0 Å². The Morgan fingerprint density at radius 2 is 1.40 bits per heavy atom. The molecule has 0 aromatic carbocycles. The van der Waals surface area contributed by atoms with Crippen molar-refractivity contribution in [3.05, 3.63) is 0 Å². The number of carbonyl (C=O) groups excluding carboxylic acids is 4. The van der Waals surface area contributed by atoms with Crippen molar-refractivity contribution in [1.82, 2.24) is 0 Å². The average molecular weight is 451 g/mol. The van der Waals surface area contributed by atoms with Gasteiger partial charge in [-0.3, -0.25) is 19.2 Å². The summed E-state index contributed by atoms with van der Waals surface area (Å²) in [6.07, 6.45) is -4.96. The van der Waals surface area contributed by atoms with E-state index in [2.05, 4.69) is 0 Å². The Morgan fingerprint density at radius 1 is 0.833 bits per heavy atom. The van der Waals surface area contributed by atoms with E-state index in [0.717, 1.165) is 11.5 Å². The van der Waals surface area contributed by atoms with Gasteiger partial charge in [0.2, 0.25) is 0 Å². The highest BCUT2D eigenvalue weighted by atomic mass is 32.2. The van der Waals surface area contributed by atoms with E-state index in [4.69, 9.17) is 28.4 Å². The predicted molar refractivity (Wildman–Crippen MR) is 106 cm³/mol. The zero-order valence-corrected chi connectivity index (χ0v) is 18.7. The molecule has 0 spiro atoms. The highest BCUT2D eigenvalue weighted by molar-refractivity contribution is 7.99. The van der Waals surface area contributed by atoms with E-state index in [1.165, 1.54) is 27.7 Å². The summed E-state index contributed by atoms with van der Waals surface area (Å²) in [5, 5.41) is 0. The van der Waals surface area contributed by atoms with E-state index in [0.29, 0.717) is 13.0 Å². The van der Waals surface area contributed by atoms with Gasteiger partial charge in [-0.1, -0.05) is 6.92 Å². The van der Waals surface area contributed by atoms with Crippen molar-refractivity contribution in [2.75, 3.05) is 24.7 Å². The lowest BCUT2D eigenvalue weighted by atomic mass is 9.98. The molecule has 1 fully saturated rings. The second kappa shape index (κ2) is 13.5. The molecule has 0 aromatic rings. The summed E-state index contributed by atoms with van der Waals surface area (Å²) in [6, 6.07) is 0. The first-order valence-corrected chi connectivity index (χ1v) is 10.8. The maximum atomic E-state index is 11.7. The molecule has 0 radical (unpaired) electrons. The molecule has 5 atom stereocenters. The molecule has 30 heavy (non-hydrogen) atoms. The molecule has 0 aliphatic carbocycles. The molecule has 1 aliphatic heterocycles. The first kappa shape index (κ1) is 26.2. The van der Waals surface area contributed by atoms with E-state index in [1.807, 2.05) is 6.92 Å². The molecule has 1 rings (SSSR count). The third kappa shape index (κ3) is 9.31. The zero-order chi connectivity index (χ0) is 22.7. The van der Waals surface area contributed by atoms with E-state index in [1.54, 1.807) is 11.8 Å². The third-order valence-electron chi connectivity index (χ3n) is 3.87. The number of hydrogen-bond donors (Lipinski definition) is 0. The fraction of sp³-hybridized carbons (Fsp3) is 0.789. The van der Waals surface area contributed by atoms with Crippen LogP contribution in [0, 0.1) is 0 Å². The Labute approximate surface area is 180 Å². The molecule has 172 valence electrons. The Kier molecular flexibility index (Phi) is 11.7. The molecule has 1 aliphatic rings. The molecule has 0 saturated carbocycles. The van der Waals surface area contributed by atoms with Crippen LogP contribution in [-0.4, -0.2) is 79.3 Å². The molecule has 11 heteroatoms. The van der Waals surface area contributed by atoms with Gasteiger partial charge in [0.25, 0.3) is 0 Å². The topological polar surface area (TPSA) is 124 Å². The van der Waals surface area contributed by atoms with E-state index < -0.39 is 54.6 Å². The minimum Gasteiger partial charge on any atom is -0.463 e. The van der Waals surface area contributed by atoms with Crippen LogP contribution in [0.2, 0.25) is 0 Å². The first-order valence-electron chi connectivity index (χ1n) is 9.65. The number of ether oxygens (including phenoxy) is 6. The van der Waals surface area contributed by atoms with Gasteiger partial charge in [0.15, 0.2) is 24.6 Å². The molecule has 10 nitrogen and oxygen atoms in total. The van der Waals surface area contributed by atoms with Crippen molar-refractivity contribution < 1.29 is 47.6 Å². The summed E-state index contributed by atoms with van der Waals surface area (Å²) >= 11 is 1.74. The van der Waals surface area contributed by atoms with Crippen LogP contribution in [0.25, 0.3) is 0 Å². The fourth-order valence-corrected chi connectivity index (χ4v) is 3.44. The summed E-state index contributed by atoms with van der Waals surface area (Å²) in [4.78, 5) is 46.3. The van der Waals surface area contributed by atoms with E-state index in [-0.39, 0.29) is 6.61 Å². The van der Waals surface area contributed by atoms with Gasteiger partial charge in [0.1, 0.15) is 12.7 Å². The summed E-state index contributed by atoms with van der Waals surface area (Å²) in [6.45, 7) is 6.81. The van der Waals surface area contributed by atoms with Crippen LogP contribution in [0.3, 0.4) is 0 Å². The molecule has 0 unspecified atom stereocenters. The van der Waals surface area contributed by atoms with Crippen molar-refractivity contribution in [3.63, 3.8) is 0 Å². The zero-order valence-electron chi connectivity index (χ0n) is 17.9. The summed E-state index contributed by atoms with van der Waals surface area (Å²) in [5.74, 6) is -0.746. The summed E-state index contributed by atoms with van der Waals surface area (Å²) in [7, 11) is 0. The van der Waals surface area contributed by atoms with Crippen LogP contribution < -0.4 is 0 Å². The Morgan fingerprint density at radius 3 is 1.93 bits per heavy atom. The summed E-state index contributed by atoms with van der Waals surface area (Å²) < 4.78 is 32.5. The maximum Gasteiger partial charge on any atom is 0.303 e. The summed E-state index contributed by atoms with van der Waals surface area (Å²) in [5.41, 5.74) is 0.